The van der Waals surface area contributed by atoms with Crippen molar-refractivity contribution < 1.29 is 9.90 Å². The molecule has 4 N–H and O–H groups in total. The van der Waals surface area contributed by atoms with Crippen LogP contribution in [0.3, 0.4) is 0 Å². The fourth-order valence-electron chi connectivity index (χ4n) is 2.17. The number of rotatable bonds is 1. The molecular weight excluding hydrogens is 248 g/mol. The monoisotopic (exact) mass is 258 g/mol. The molecule has 0 saturated carbocycles. The average molecular weight is 258 g/mol. The molecule has 0 radical (unpaired) electrons. The first kappa shape index (κ1) is 11.3. The van der Waals surface area contributed by atoms with E-state index in [9.17, 15) is 9.59 Å². The summed E-state index contributed by atoms with van der Waals surface area (Å²) in [5.74, 6) is -1.17. The topological polar surface area (TPSA) is 113 Å². The normalized spacial score (nSPS) is 11.2. The minimum absolute atomic E-state index is 0.0491. The van der Waals surface area contributed by atoms with Gasteiger partial charge in [0.05, 0.1) is 16.7 Å². The summed E-state index contributed by atoms with van der Waals surface area (Å²) in [4.78, 5) is 29.5. The first-order valence-corrected chi connectivity index (χ1v) is 5.53. The van der Waals surface area contributed by atoms with Crippen LogP contribution in [0.5, 0.6) is 0 Å². The number of hydrogen-bond donors (Lipinski definition) is 3. The Morgan fingerprint density at radius 2 is 2.21 bits per heavy atom. The van der Waals surface area contributed by atoms with Gasteiger partial charge >= 0.3 is 5.97 Å². The molecule has 96 valence electrons. The van der Waals surface area contributed by atoms with E-state index in [1.165, 1.54) is 4.40 Å². The third-order valence-electron chi connectivity index (χ3n) is 3.02. The van der Waals surface area contributed by atoms with Gasteiger partial charge in [-0.25, -0.2) is 9.78 Å². The highest BCUT2D eigenvalue weighted by atomic mass is 16.4. The Morgan fingerprint density at radius 3 is 2.89 bits per heavy atom. The Hall–Kier alpha value is -2.83. The second-order valence-corrected chi connectivity index (χ2v) is 4.24. The van der Waals surface area contributed by atoms with Gasteiger partial charge in [0.15, 0.2) is 5.69 Å². The average Bonchev–Trinajstić information content (AvgIpc) is 2.69. The quantitative estimate of drug-likeness (QED) is 0.558. The minimum Gasteiger partial charge on any atom is -0.476 e. The smallest absolute Gasteiger partial charge is 0.356 e. The molecule has 0 bridgehead atoms. The fraction of sp³-hybridized carbons (Fsp3) is 0.0833. The number of nitrogens with zero attached hydrogens (tertiary/aromatic N) is 2. The van der Waals surface area contributed by atoms with Gasteiger partial charge < -0.3 is 15.8 Å². The summed E-state index contributed by atoms with van der Waals surface area (Å²) in [7, 11) is 0. The van der Waals surface area contributed by atoms with E-state index in [1.54, 1.807) is 25.1 Å². The lowest BCUT2D eigenvalue weighted by molar-refractivity contribution is 0.0690. The van der Waals surface area contributed by atoms with Crippen LogP contribution in [0.25, 0.3) is 16.7 Å². The highest BCUT2D eigenvalue weighted by molar-refractivity contribution is 5.89. The number of carboxylic acids is 1. The van der Waals surface area contributed by atoms with Gasteiger partial charge in [-0.3, -0.25) is 9.20 Å². The van der Waals surface area contributed by atoms with Crippen LogP contribution >= 0.6 is 0 Å². The molecule has 7 heteroatoms. The molecule has 0 aliphatic heterocycles. The van der Waals surface area contributed by atoms with E-state index in [0.29, 0.717) is 22.4 Å². The molecule has 2 aromatic heterocycles. The third kappa shape index (κ3) is 1.48. The van der Waals surface area contributed by atoms with Crippen molar-refractivity contribution in [2.75, 3.05) is 5.73 Å². The molecule has 2 heterocycles. The number of aromatic nitrogens is 3. The van der Waals surface area contributed by atoms with Crippen molar-refractivity contribution in [2.24, 2.45) is 0 Å². The number of benzene rings is 1. The summed E-state index contributed by atoms with van der Waals surface area (Å²) in [6.45, 7) is 1.60. The van der Waals surface area contributed by atoms with Crippen LogP contribution in [0.15, 0.2) is 23.0 Å². The number of nitrogens with two attached hydrogens (primary N) is 1. The molecule has 0 fully saturated rings. The second-order valence-electron chi connectivity index (χ2n) is 4.24. The number of imidazole rings is 1. The molecule has 0 atom stereocenters. The number of anilines is 1. The lowest BCUT2D eigenvalue weighted by Crippen LogP contribution is -2.11. The van der Waals surface area contributed by atoms with Gasteiger partial charge in [-0.15, -0.1) is 0 Å². The van der Waals surface area contributed by atoms with E-state index in [4.69, 9.17) is 10.8 Å². The Bertz CT molecular complexity index is 891. The van der Waals surface area contributed by atoms with Crippen LogP contribution in [0, 0.1) is 6.92 Å². The van der Waals surface area contributed by atoms with E-state index < -0.39 is 11.5 Å². The van der Waals surface area contributed by atoms with Crippen LogP contribution in [0.1, 0.15) is 16.2 Å². The lowest BCUT2D eigenvalue weighted by atomic mass is 10.2. The molecule has 0 amide bonds. The number of H-pyrrole nitrogens is 1. The molecule has 0 saturated heterocycles. The molecule has 0 aliphatic carbocycles. The maximum absolute atomic E-state index is 11.9. The van der Waals surface area contributed by atoms with Crippen molar-refractivity contribution >= 4 is 28.3 Å². The lowest BCUT2D eigenvalue weighted by Gasteiger charge is -2.04. The molecule has 3 aromatic rings. The Labute approximate surface area is 106 Å². The zero-order valence-electron chi connectivity index (χ0n) is 9.97. The van der Waals surface area contributed by atoms with Crippen molar-refractivity contribution in [3.8, 4) is 0 Å². The number of aromatic carboxylic acids is 1. The van der Waals surface area contributed by atoms with Gasteiger partial charge in [0.25, 0.3) is 5.56 Å². The summed E-state index contributed by atoms with van der Waals surface area (Å²) < 4.78 is 1.51. The standard InChI is InChI=1S/C12H10N4O3/c1-5-9(12(18)19)15-10-11(17)14-7-3-2-6(13)4-8(7)16(5)10/h2-4H,13H2,1H3,(H,14,17)(H,18,19). The summed E-state index contributed by atoms with van der Waals surface area (Å²) >= 11 is 0. The summed E-state index contributed by atoms with van der Waals surface area (Å²) in [6.07, 6.45) is 0. The number of aryl methyl sites for hydroxylation is 1. The maximum atomic E-state index is 11.9. The van der Waals surface area contributed by atoms with E-state index in [2.05, 4.69) is 9.97 Å². The van der Waals surface area contributed by atoms with Crippen molar-refractivity contribution in [3.63, 3.8) is 0 Å². The summed E-state index contributed by atoms with van der Waals surface area (Å²) in [5.41, 5.74) is 7.30. The van der Waals surface area contributed by atoms with E-state index in [1.807, 2.05) is 0 Å². The number of hydrogen-bond acceptors (Lipinski definition) is 4. The van der Waals surface area contributed by atoms with Crippen molar-refractivity contribution in [3.05, 3.63) is 39.9 Å². The van der Waals surface area contributed by atoms with E-state index in [-0.39, 0.29) is 11.3 Å². The van der Waals surface area contributed by atoms with Crippen molar-refractivity contribution in [2.45, 2.75) is 6.92 Å². The van der Waals surface area contributed by atoms with Crippen LogP contribution in [-0.4, -0.2) is 25.4 Å². The highest BCUT2D eigenvalue weighted by Crippen LogP contribution is 2.19. The number of aromatic amines is 1. The zero-order valence-corrected chi connectivity index (χ0v) is 9.97. The van der Waals surface area contributed by atoms with Crippen LogP contribution in [-0.2, 0) is 0 Å². The largest absolute Gasteiger partial charge is 0.476 e. The van der Waals surface area contributed by atoms with Gasteiger partial charge in [-0.1, -0.05) is 0 Å². The van der Waals surface area contributed by atoms with Crippen LogP contribution < -0.4 is 11.3 Å². The predicted molar refractivity (Wildman–Crippen MR) is 69.4 cm³/mol. The Balaban J connectivity index is 2.62. The predicted octanol–water partition coefficient (Wildman–Crippen LogP) is 0.765. The van der Waals surface area contributed by atoms with E-state index >= 15 is 0 Å². The fourth-order valence-corrected chi connectivity index (χ4v) is 2.17. The van der Waals surface area contributed by atoms with Crippen LogP contribution in [0.2, 0.25) is 0 Å². The minimum atomic E-state index is -1.17. The number of carboxylic acid groups (broad SMARTS) is 1. The highest BCUT2D eigenvalue weighted by Gasteiger charge is 2.18. The molecule has 3 rings (SSSR count). The Morgan fingerprint density at radius 1 is 1.47 bits per heavy atom. The number of nitrogens with one attached hydrogen (secondary N) is 1. The maximum Gasteiger partial charge on any atom is 0.356 e. The van der Waals surface area contributed by atoms with Gasteiger partial charge in [-0.05, 0) is 25.1 Å². The summed E-state index contributed by atoms with van der Waals surface area (Å²) in [5, 5.41) is 9.07. The summed E-state index contributed by atoms with van der Waals surface area (Å²) in [6, 6.07) is 5.00. The van der Waals surface area contributed by atoms with Gasteiger partial charge in [0.1, 0.15) is 0 Å². The van der Waals surface area contributed by atoms with Crippen molar-refractivity contribution in [1.82, 2.24) is 14.4 Å². The molecule has 0 aliphatic rings. The molecular formula is C12H10N4O3. The molecule has 0 spiro atoms. The van der Waals surface area contributed by atoms with Gasteiger partial charge in [0.2, 0.25) is 5.65 Å². The number of carbonyl (C=O) groups is 1. The molecule has 1 aromatic carbocycles. The zero-order chi connectivity index (χ0) is 13.7. The Kier molecular flexibility index (Phi) is 2.12. The van der Waals surface area contributed by atoms with E-state index in [0.717, 1.165) is 0 Å². The van der Waals surface area contributed by atoms with Crippen LogP contribution in [0.4, 0.5) is 5.69 Å². The molecule has 0 unspecified atom stereocenters. The van der Waals surface area contributed by atoms with Gasteiger partial charge in [0, 0.05) is 5.69 Å². The van der Waals surface area contributed by atoms with Gasteiger partial charge in [-0.2, -0.15) is 0 Å². The SMILES string of the molecule is Cc1c(C(=O)O)nc2c(=O)[nH]c3ccc(N)cc3n12. The number of nitrogen functional groups attached to an aromatic ring is 1. The second kappa shape index (κ2) is 3.58. The first-order chi connectivity index (χ1) is 8.99. The van der Waals surface area contributed by atoms with Crippen molar-refractivity contribution in [1.29, 1.82) is 0 Å². The first-order valence-electron chi connectivity index (χ1n) is 5.53. The third-order valence-corrected chi connectivity index (χ3v) is 3.02. The molecule has 7 nitrogen and oxygen atoms in total. The molecule has 19 heavy (non-hydrogen) atoms. The number of fused-ring (bicyclic) bond motifs is 3.